The van der Waals surface area contributed by atoms with Crippen LogP contribution in [0, 0.1) is 0 Å². The first-order chi connectivity index (χ1) is 9.03. The largest absolute Gasteiger partial charge is 0.394 e. The van der Waals surface area contributed by atoms with Crippen molar-refractivity contribution in [2.24, 2.45) is 0 Å². The van der Waals surface area contributed by atoms with Crippen molar-refractivity contribution in [3.63, 3.8) is 0 Å². The summed E-state index contributed by atoms with van der Waals surface area (Å²) in [4.78, 5) is 12.3. The number of hydrogen-bond donors (Lipinski definition) is 3. The number of nitrogens with zero attached hydrogens (tertiary/aromatic N) is 1. The molecular formula is C14H23N3O2. The zero-order valence-electron chi connectivity index (χ0n) is 11.6. The highest BCUT2D eigenvalue weighted by atomic mass is 16.3. The Hall–Kier alpha value is -1.33. The van der Waals surface area contributed by atoms with Gasteiger partial charge in [0.15, 0.2) is 0 Å². The average molecular weight is 265 g/mol. The van der Waals surface area contributed by atoms with E-state index in [4.69, 9.17) is 0 Å². The Morgan fingerprint density at radius 2 is 2.21 bits per heavy atom. The van der Waals surface area contributed by atoms with Crippen molar-refractivity contribution in [3.05, 3.63) is 24.0 Å². The second kappa shape index (κ2) is 5.75. The van der Waals surface area contributed by atoms with Crippen LogP contribution in [-0.4, -0.2) is 40.8 Å². The molecule has 19 heavy (non-hydrogen) atoms. The van der Waals surface area contributed by atoms with Crippen LogP contribution >= 0.6 is 0 Å². The lowest BCUT2D eigenvalue weighted by Gasteiger charge is -2.28. The summed E-state index contributed by atoms with van der Waals surface area (Å²) in [6, 6.07) is 4.13. The average Bonchev–Trinajstić information content (AvgIpc) is 2.88. The molecule has 1 amide bonds. The van der Waals surface area contributed by atoms with E-state index in [1.807, 2.05) is 32.2 Å². The fourth-order valence-corrected chi connectivity index (χ4v) is 2.40. The number of aliphatic hydroxyl groups is 1. The number of aromatic nitrogens is 1. The summed E-state index contributed by atoms with van der Waals surface area (Å²) in [5.74, 6) is -0.123. The molecule has 5 nitrogen and oxygen atoms in total. The van der Waals surface area contributed by atoms with Gasteiger partial charge in [0, 0.05) is 12.2 Å². The number of carbonyl (C=O) groups is 1. The molecule has 0 radical (unpaired) electrons. The minimum absolute atomic E-state index is 0.0766. The second-order valence-electron chi connectivity index (χ2n) is 5.78. The van der Waals surface area contributed by atoms with Gasteiger partial charge in [-0.15, -0.1) is 0 Å². The summed E-state index contributed by atoms with van der Waals surface area (Å²) < 4.78 is 2.06. The maximum atomic E-state index is 12.3. The van der Waals surface area contributed by atoms with Crippen molar-refractivity contribution in [3.8, 4) is 0 Å². The molecule has 1 aromatic rings. The lowest BCUT2D eigenvalue weighted by molar-refractivity contribution is 0.0856. The van der Waals surface area contributed by atoms with Gasteiger partial charge in [-0.3, -0.25) is 4.79 Å². The molecule has 0 aromatic carbocycles. The lowest BCUT2D eigenvalue weighted by Crippen LogP contribution is -2.47. The van der Waals surface area contributed by atoms with E-state index >= 15 is 0 Å². The van der Waals surface area contributed by atoms with Crippen LogP contribution in [-0.2, 0) is 0 Å². The summed E-state index contributed by atoms with van der Waals surface area (Å²) >= 11 is 0. The Kier molecular flexibility index (Phi) is 4.27. The molecule has 3 N–H and O–H groups in total. The SMILES string of the molecule is CC(C)(CO)NC(=O)c1cccn1C1CCNCC1. The van der Waals surface area contributed by atoms with Gasteiger partial charge in [-0.1, -0.05) is 0 Å². The molecule has 1 aliphatic heterocycles. The molecule has 0 bridgehead atoms. The van der Waals surface area contributed by atoms with Crippen molar-refractivity contribution in [2.75, 3.05) is 19.7 Å². The number of carbonyl (C=O) groups excluding carboxylic acids is 1. The fourth-order valence-electron chi connectivity index (χ4n) is 2.40. The Balaban J connectivity index is 2.12. The van der Waals surface area contributed by atoms with Gasteiger partial charge in [-0.05, 0) is 51.9 Å². The molecule has 0 unspecified atom stereocenters. The van der Waals surface area contributed by atoms with E-state index in [1.165, 1.54) is 0 Å². The van der Waals surface area contributed by atoms with Crippen LogP contribution in [0.1, 0.15) is 43.2 Å². The highest BCUT2D eigenvalue weighted by molar-refractivity contribution is 5.93. The quantitative estimate of drug-likeness (QED) is 0.758. The molecule has 1 fully saturated rings. The molecular weight excluding hydrogens is 242 g/mol. The number of amides is 1. The fraction of sp³-hybridized carbons (Fsp3) is 0.643. The third kappa shape index (κ3) is 3.36. The number of piperidine rings is 1. The number of rotatable bonds is 4. The minimum Gasteiger partial charge on any atom is -0.394 e. The molecule has 2 heterocycles. The van der Waals surface area contributed by atoms with E-state index in [0.29, 0.717) is 11.7 Å². The Morgan fingerprint density at radius 3 is 2.84 bits per heavy atom. The zero-order chi connectivity index (χ0) is 13.9. The van der Waals surface area contributed by atoms with E-state index in [0.717, 1.165) is 25.9 Å². The highest BCUT2D eigenvalue weighted by Crippen LogP contribution is 2.21. The van der Waals surface area contributed by atoms with Crippen molar-refractivity contribution in [2.45, 2.75) is 38.3 Å². The van der Waals surface area contributed by atoms with Gasteiger partial charge in [0.05, 0.1) is 12.1 Å². The predicted octanol–water partition coefficient (Wildman–Crippen LogP) is 0.913. The Morgan fingerprint density at radius 1 is 1.53 bits per heavy atom. The van der Waals surface area contributed by atoms with Crippen LogP contribution in [0.25, 0.3) is 0 Å². The van der Waals surface area contributed by atoms with Crippen molar-refractivity contribution in [1.82, 2.24) is 15.2 Å². The Labute approximate surface area is 114 Å². The van der Waals surface area contributed by atoms with E-state index < -0.39 is 5.54 Å². The molecule has 106 valence electrons. The van der Waals surface area contributed by atoms with Gasteiger partial charge in [-0.2, -0.15) is 0 Å². The van der Waals surface area contributed by atoms with Crippen molar-refractivity contribution >= 4 is 5.91 Å². The maximum absolute atomic E-state index is 12.3. The van der Waals surface area contributed by atoms with Gasteiger partial charge in [0.2, 0.25) is 0 Å². The topological polar surface area (TPSA) is 66.3 Å². The second-order valence-corrected chi connectivity index (χ2v) is 5.78. The summed E-state index contributed by atoms with van der Waals surface area (Å²) in [6.45, 7) is 5.52. The van der Waals surface area contributed by atoms with E-state index in [9.17, 15) is 9.90 Å². The molecule has 1 aliphatic rings. The summed E-state index contributed by atoms with van der Waals surface area (Å²) in [5.41, 5.74) is 0.0775. The summed E-state index contributed by atoms with van der Waals surface area (Å²) in [7, 11) is 0. The van der Waals surface area contributed by atoms with Crippen LogP contribution in [0.5, 0.6) is 0 Å². The lowest BCUT2D eigenvalue weighted by atomic mass is 10.1. The molecule has 2 rings (SSSR count). The first-order valence-corrected chi connectivity index (χ1v) is 6.84. The van der Waals surface area contributed by atoms with Crippen LogP contribution < -0.4 is 10.6 Å². The standard InChI is InChI=1S/C14H23N3O2/c1-14(2,10-18)16-13(19)12-4-3-9-17(12)11-5-7-15-8-6-11/h3-4,9,11,15,18H,5-8,10H2,1-2H3,(H,16,19). The Bertz CT molecular complexity index is 434. The molecule has 0 atom stereocenters. The van der Waals surface area contributed by atoms with Crippen LogP contribution in [0.15, 0.2) is 18.3 Å². The maximum Gasteiger partial charge on any atom is 0.268 e. The van der Waals surface area contributed by atoms with E-state index in [2.05, 4.69) is 15.2 Å². The predicted molar refractivity (Wildman–Crippen MR) is 74.2 cm³/mol. The monoisotopic (exact) mass is 265 g/mol. The van der Waals surface area contributed by atoms with Crippen LogP contribution in [0.4, 0.5) is 0 Å². The normalized spacial score (nSPS) is 17.4. The van der Waals surface area contributed by atoms with Gasteiger partial charge in [0.25, 0.3) is 5.91 Å². The van der Waals surface area contributed by atoms with Crippen molar-refractivity contribution < 1.29 is 9.90 Å². The molecule has 1 aromatic heterocycles. The first kappa shape index (κ1) is 14.1. The third-order valence-corrected chi connectivity index (χ3v) is 3.56. The molecule has 0 spiro atoms. The van der Waals surface area contributed by atoms with Gasteiger partial charge in [0.1, 0.15) is 5.69 Å². The zero-order valence-corrected chi connectivity index (χ0v) is 11.6. The van der Waals surface area contributed by atoms with Gasteiger partial charge < -0.3 is 20.3 Å². The number of aliphatic hydroxyl groups excluding tert-OH is 1. The smallest absolute Gasteiger partial charge is 0.268 e. The highest BCUT2D eigenvalue weighted by Gasteiger charge is 2.24. The molecule has 5 heteroatoms. The molecule has 0 aliphatic carbocycles. The number of hydrogen-bond acceptors (Lipinski definition) is 3. The summed E-state index contributed by atoms with van der Waals surface area (Å²) in [5, 5.41) is 15.4. The first-order valence-electron chi connectivity index (χ1n) is 6.84. The minimum atomic E-state index is -0.597. The molecule has 0 saturated carbocycles. The van der Waals surface area contributed by atoms with Gasteiger partial charge >= 0.3 is 0 Å². The molecule has 1 saturated heterocycles. The van der Waals surface area contributed by atoms with Gasteiger partial charge in [-0.25, -0.2) is 0 Å². The van der Waals surface area contributed by atoms with Crippen LogP contribution in [0.3, 0.4) is 0 Å². The van der Waals surface area contributed by atoms with E-state index in [1.54, 1.807) is 0 Å². The summed E-state index contributed by atoms with van der Waals surface area (Å²) in [6.07, 6.45) is 4.05. The van der Waals surface area contributed by atoms with Crippen LogP contribution in [0.2, 0.25) is 0 Å². The third-order valence-electron chi connectivity index (χ3n) is 3.56. The van der Waals surface area contributed by atoms with Crippen molar-refractivity contribution in [1.29, 1.82) is 0 Å². The van der Waals surface area contributed by atoms with E-state index in [-0.39, 0.29) is 12.5 Å². The number of nitrogens with one attached hydrogen (secondary N) is 2.